The van der Waals surface area contributed by atoms with Crippen LogP contribution in [-0.4, -0.2) is 48.9 Å². The van der Waals surface area contributed by atoms with E-state index in [9.17, 15) is 14.7 Å². The highest BCUT2D eigenvalue weighted by atomic mass is 35.5. The number of hydrogen-bond acceptors (Lipinski definition) is 3. The summed E-state index contributed by atoms with van der Waals surface area (Å²) in [5.41, 5.74) is 3.24. The maximum Gasteiger partial charge on any atom is 0.295 e. The molecule has 152 valence electrons. The van der Waals surface area contributed by atoms with Gasteiger partial charge in [-0.15, -0.1) is 0 Å². The normalized spacial score (nSPS) is 18.7. The van der Waals surface area contributed by atoms with E-state index in [1.165, 1.54) is 0 Å². The molecule has 1 aliphatic heterocycles. The van der Waals surface area contributed by atoms with Crippen LogP contribution in [0.15, 0.2) is 48.0 Å². The summed E-state index contributed by atoms with van der Waals surface area (Å²) in [4.78, 5) is 28.6. The number of likely N-dealkylation sites (tertiary alicyclic amines) is 1. The third-order valence-electron chi connectivity index (χ3n) is 5.23. The second kappa shape index (κ2) is 8.39. The van der Waals surface area contributed by atoms with Crippen LogP contribution in [0.2, 0.25) is 5.02 Å². The van der Waals surface area contributed by atoms with Crippen LogP contribution in [0.4, 0.5) is 0 Å². The van der Waals surface area contributed by atoms with Gasteiger partial charge < -0.3 is 14.9 Å². The molecule has 1 unspecified atom stereocenters. The highest BCUT2D eigenvalue weighted by Crippen LogP contribution is 2.39. The van der Waals surface area contributed by atoms with Crippen molar-refractivity contribution in [1.82, 2.24) is 4.90 Å². The fourth-order valence-electron chi connectivity index (χ4n) is 3.58. The summed E-state index contributed by atoms with van der Waals surface area (Å²) in [6, 6.07) is 12.1. The topological polar surface area (TPSA) is 62.0 Å². The van der Waals surface area contributed by atoms with Crippen LogP contribution in [0.1, 0.15) is 28.3 Å². The first-order chi connectivity index (χ1) is 13.7. The zero-order valence-electron chi connectivity index (χ0n) is 17.1. The van der Waals surface area contributed by atoms with Crippen molar-refractivity contribution >= 4 is 29.1 Å². The number of carbonyl (C=O) groups excluding carboxylic acids is 2. The number of halogens is 1. The molecule has 1 aliphatic rings. The van der Waals surface area contributed by atoms with Gasteiger partial charge >= 0.3 is 0 Å². The number of aliphatic hydroxyl groups excluding tert-OH is 1. The summed E-state index contributed by atoms with van der Waals surface area (Å²) in [7, 11) is 3.98. The minimum atomic E-state index is -0.655. The zero-order chi connectivity index (χ0) is 21.3. The van der Waals surface area contributed by atoms with Crippen molar-refractivity contribution in [3.8, 4) is 0 Å². The third kappa shape index (κ3) is 4.21. The monoisotopic (exact) mass is 413 g/mol. The first kappa shape index (κ1) is 21.1. The minimum Gasteiger partial charge on any atom is -0.507 e. The average molecular weight is 414 g/mol. The van der Waals surface area contributed by atoms with Gasteiger partial charge in [-0.25, -0.2) is 0 Å². The molecule has 2 aromatic carbocycles. The quantitative estimate of drug-likeness (QED) is 0.450. The molecule has 0 aliphatic carbocycles. The summed E-state index contributed by atoms with van der Waals surface area (Å²) in [5, 5.41) is 11.7. The van der Waals surface area contributed by atoms with Gasteiger partial charge in [-0.1, -0.05) is 41.4 Å². The molecular formula is C23H26ClN2O3+. The number of carbonyl (C=O) groups is 2. The molecule has 0 saturated carbocycles. The predicted octanol–water partition coefficient (Wildman–Crippen LogP) is 2.52. The molecule has 0 bridgehead atoms. The highest BCUT2D eigenvalue weighted by Gasteiger charge is 2.46. The van der Waals surface area contributed by atoms with Gasteiger partial charge in [0.15, 0.2) is 0 Å². The van der Waals surface area contributed by atoms with Gasteiger partial charge in [-0.3, -0.25) is 9.59 Å². The number of benzene rings is 2. The molecule has 0 spiro atoms. The molecule has 1 heterocycles. The molecule has 1 atom stereocenters. The molecule has 5 nitrogen and oxygen atoms in total. The number of nitrogens with one attached hydrogen (secondary N) is 1. The molecule has 0 aromatic heterocycles. The van der Waals surface area contributed by atoms with Crippen LogP contribution >= 0.6 is 11.6 Å². The van der Waals surface area contributed by atoms with Crippen molar-refractivity contribution in [2.45, 2.75) is 19.9 Å². The summed E-state index contributed by atoms with van der Waals surface area (Å²) in [6.45, 7) is 4.88. The van der Waals surface area contributed by atoms with E-state index >= 15 is 0 Å². The molecule has 6 heteroatoms. The molecule has 2 aromatic rings. The van der Waals surface area contributed by atoms with Crippen molar-refractivity contribution in [3.05, 3.63) is 75.3 Å². The summed E-state index contributed by atoms with van der Waals surface area (Å²) >= 11 is 6.04. The minimum absolute atomic E-state index is 0.125. The number of nitrogens with zero attached hydrogens (tertiary/aromatic N) is 1. The number of likely N-dealkylation sites (N-methyl/N-ethyl adjacent to an activating group) is 1. The fraction of sp³-hybridized carbons (Fsp3) is 0.304. The Morgan fingerprint density at radius 1 is 1.10 bits per heavy atom. The Labute approximate surface area is 176 Å². The number of rotatable bonds is 5. The van der Waals surface area contributed by atoms with Crippen molar-refractivity contribution in [1.29, 1.82) is 0 Å². The van der Waals surface area contributed by atoms with Crippen LogP contribution in [0.3, 0.4) is 0 Å². The fourth-order valence-corrected chi connectivity index (χ4v) is 3.71. The van der Waals surface area contributed by atoms with E-state index in [-0.39, 0.29) is 11.3 Å². The third-order valence-corrected chi connectivity index (χ3v) is 5.48. The Morgan fingerprint density at radius 2 is 1.76 bits per heavy atom. The van der Waals surface area contributed by atoms with Gasteiger partial charge in [-0.2, -0.15) is 0 Å². The molecule has 1 saturated heterocycles. The maximum atomic E-state index is 13.0. The van der Waals surface area contributed by atoms with Gasteiger partial charge in [0.1, 0.15) is 5.76 Å². The van der Waals surface area contributed by atoms with Crippen LogP contribution in [0.25, 0.3) is 5.76 Å². The van der Waals surface area contributed by atoms with Crippen LogP contribution in [0.5, 0.6) is 0 Å². The second-order valence-electron chi connectivity index (χ2n) is 7.82. The van der Waals surface area contributed by atoms with Crippen molar-refractivity contribution in [2.24, 2.45) is 0 Å². The van der Waals surface area contributed by atoms with E-state index < -0.39 is 17.7 Å². The number of aryl methyl sites for hydroxylation is 2. The molecular weight excluding hydrogens is 388 g/mol. The maximum absolute atomic E-state index is 13.0. The standard InChI is InChI=1S/C23H25ClN2O3/c1-14-5-6-15(2)18(13-14)21(27)19-20(16-7-9-17(24)10-8-16)26(12-11-25(3)4)23(29)22(19)28/h5-10,13,20,27H,11-12H2,1-4H3/p+1. The van der Waals surface area contributed by atoms with E-state index in [0.717, 1.165) is 21.6 Å². The summed E-state index contributed by atoms with van der Waals surface area (Å²) in [5.74, 6) is -1.38. The molecule has 2 N–H and O–H groups in total. The number of hydrogen-bond donors (Lipinski definition) is 2. The Morgan fingerprint density at radius 3 is 2.38 bits per heavy atom. The Bertz CT molecular complexity index is 980. The average Bonchev–Trinajstić information content (AvgIpc) is 2.93. The number of Topliss-reactive ketones (excluding diaryl/α,β-unsaturated/α-hetero) is 1. The zero-order valence-corrected chi connectivity index (χ0v) is 17.9. The first-order valence-corrected chi connectivity index (χ1v) is 9.99. The molecule has 3 rings (SSSR count). The molecule has 1 amide bonds. The lowest BCUT2D eigenvalue weighted by Gasteiger charge is -2.25. The van der Waals surface area contributed by atoms with E-state index in [1.807, 2.05) is 46.1 Å². The van der Waals surface area contributed by atoms with Crippen LogP contribution < -0.4 is 4.90 Å². The van der Waals surface area contributed by atoms with E-state index in [4.69, 9.17) is 11.6 Å². The molecule has 1 fully saturated rings. The number of aliphatic hydroxyl groups is 1. The van der Waals surface area contributed by atoms with Gasteiger partial charge in [-0.05, 0) is 43.2 Å². The first-order valence-electron chi connectivity index (χ1n) is 9.61. The number of quaternary nitrogens is 1. The largest absolute Gasteiger partial charge is 0.507 e. The van der Waals surface area contributed by atoms with Gasteiger partial charge in [0.2, 0.25) is 0 Å². The molecule has 0 radical (unpaired) electrons. The van der Waals surface area contributed by atoms with Crippen LogP contribution in [-0.2, 0) is 9.59 Å². The van der Waals surface area contributed by atoms with Crippen molar-refractivity contribution < 1.29 is 19.6 Å². The summed E-state index contributed by atoms with van der Waals surface area (Å²) in [6.07, 6.45) is 0. The molecule has 29 heavy (non-hydrogen) atoms. The summed E-state index contributed by atoms with van der Waals surface area (Å²) < 4.78 is 0. The smallest absolute Gasteiger partial charge is 0.295 e. The number of ketones is 1. The predicted molar refractivity (Wildman–Crippen MR) is 114 cm³/mol. The highest BCUT2D eigenvalue weighted by molar-refractivity contribution is 6.46. The van der Waals surface area contributed by atoms with E-state index in [1.54, 1.807) is 29.2 Å². The number of amides is 1. The van der Waals surface area contributed by atoms with E-state index in [2.05, 4.69) is 0 Å². The van der Waals surface area contributed by atoms with Crippen LogP contribution in [0, 0.1) is 13.8 Å². The lowest BCUT2D eigenvalue weighted by atomic mass is 9.93. The lowest BCUT2D eigenvalue weighted by Crippen LogP contribution is -3.06. The van der Waals surface area contributed by atoms with Gasteiger partial charge in [0, 0.05) is 10.6 Å². The van der Waals surface area contributed by atoms with Gasteiger partial charge in [0.25, 0.3) is 11.7 Å². The Kier molecular flexibility index (Phi) is 6.10. The lowest BCUT2D eigenvalue weighted by molar-refractivity contribution is -0.857. The SMILES string of the molecule is Cc1ccc(C)c(C(O)=C2C(=O)C(=O)N(CC[NH+](C)C)C2c2ccc(Cl)cc2)c1. The van der Waals surface area contributed by atoms with Crippen molar-refractivity contribution in [2.75, 3.05) is 27.2 Å². The Hall–Kier alpha value is -2.63. The Balaban J connectivity index is 2.19. The van der Waals surface area contributed by atoms with Gasteiger partial charge in [0.05, 0.1) is 38.8 Å². The second-order valence-corrected chi connectivity index (χ2v) is 8.26. The van der Waals surface area contributed by atoms with E-state index in [0.29, 0.717) is 23.7 Å². The van der Waals surface area contributed by atoms with Crippen molar-refractivity contribution in [3.63, 3.8) is 0 Å².